The molecular formula is C23H25NO5. The predicted molar refractivity (Wildman–Crippen MR) is 110 cm³/mol. The molecule has 0 amide bonds. The van der Waals surface area contributed by atoms with E-state index >= 15 is 0 Å². The van der Waals surface area contributed by atoms with Crippen LogP contribution in [0.25, 0.3) is 11.5 Å². The number of hydrogen-bond acceptors (Lipinski definition) is 6. The van der Waals surface area contributed by atoms with E-state index < -0.39 is 0 Å². The lowest BCUT2D eigenvalue weighted by Gasteiger charge is -2.09. The van der Waals surface area contributed by atoms with Gasteiger partial charge in [0.15, 0.2) is 17.3 Å². The predicted octanol–water partition coefficient (Wildman–Crippen LogP) is 4.96. The molecule has 3 rings (SSSR count). The summed E-state index contributed by atoms with van der Waals surface area (Å²) < 4.78 is 21.9. The Morgan fingerprint density at radius 3 is 2.59 bits per heavy atom. The zero-order chi connectivity index (χ0) is 20.6. The van der Waals surface area contributed by atoms with Crippen LogP contribution in [0.2, 0.25) is 0 Å². The Morgan fingerprint density at radius 2 is 1.83 bits per heavy atom. The topological polar surface area (TPSA) is 70.8 Å². The molecule has 0 radical (unpaired) electrons. The number of aromatic nitrogens is 1. The van der Waals surface area contributed by atoms with E-state index in [1.54, 1.807) is 38.7 Å². The molecule has 0 aliphatic heterocycles. The minimum absolute atomic E-state index is 0.0207. The number of carbonyl (C=O) groups is 1. The summed E-state index contributed by atoms with van der Waals surface area (Å²) in [5.74, 6) is 2.36. The van der Waals surface area contributed by atoms with Crippen molar-refractivity contribution in [2.75, 3.05) is 20.8 Å². The number of benzene rings is 2. The fourth-order valence-corrected chi connectivity index (χ4v) is 2.93. The Balaban J connectivity index is 1.68. The van der Waals surface area contributed by atoms with Crippen molar-refractivity contribution in [2.45, 2.75) is 26.2 Å². The van der Waals surface area contributed by atoms with Crippen molar-refractivity contribution in [2.24, 2.45) is 0 Å². The second kappa shape index (κ2) is 9.78. The molecule has 0 saturated carbocycles. The quantitative estimate of drug-likeness (QED) is 0.452. The van der Waals surface area contributed by atoms with Gasteiger partial charge in [0, 0.05) is 18.4 Å². The zero-order valence-corrected chi connectivity index (χ0v) is 16.9. The molecule has 0 fully saturated rings. The summed E-state index contributed by atoms with van der Waals surface area (Å²) in [7, 11) is 3.17. The van der Waals surface area contributed by atoms with Crippen molar-refractivity contribution in [3.05, 3.63) is 60.0 Å². The standard InChI is InChI=1S/C23H25NO5/c1-4-13-28-20-8-6-5-7-18(20)19(25)11-10-17-15-29-23(24-17)16-9-12-21(26-2)22(14-16)27-3/h5-9,12,14-15H,4,10-11,13H2,1-3H3. The SMILES string of the molecule is CCCOc1ccccc1C(=O)CCc1coc(-c2ccc(OC)c(OC)c2)n1. The van der Waals surface area contributed by atoms with Crippen LogP contribution in [0.1, 0.15) is 35.8 Å². The summed E-state index contributed by atoms with van der Waals surface area (Å²) in [6.07, 6.45) is 3.28. The third-order valence-electron chi connectivity index (χ3n) is 4.44. The first-order chi connectivity index (χ1) is 14.2. The van der Waals surface area contributed by atoms with E-state index in [1.165, 1.54) is 0 Å². The second-order valence-corrected chi connectivity index (χ2v) is 6.48. The lowest BCUT2D eigenvalue weighted by Crippen LogP contribution is -2.06. The molecule has 0 atom stereocenters. The molecule has 0 saturated heterocycles. The highest BCUT2D eigenvalue weighted by atomic mass is 16.5. The Morgan fingerprint density at radius 1 is 1.03 bits per heavy atom. The number of ketones is 1. The number of methoxy groups -OCH3 is 2. The number of carbonyl (C=O) groups excluding carboxylic acids is 1. The van der Waals surface area contributed by atoms with E-state index in [9.17, 15) is 4.79 Å². The Kier molecular flexibility index (Phi) is 6.89. The van der Waals surface area contributed by atoms with Crippen LogP contribution < -0.4 is 14.2 Å². The number of hydrogen-bond donors (Lipinski definition) is 0. The van der Waals surface area contributed by atoms with Gasteiger partial charge in [0.05, 0.1) is 32.1 Å². The average Bonchev–Trinajstić information content (AvgIpc) is 3.24. The van der Waals surface area contributed by atoms with E-state index in [4.69, 9.17) is 18.6 Å². The maximum Gasteiger partial charge on any atom is 0.226 e. The number of rotatable bonds is 10. The summed E-state index contributed by atoms with van der Waals surface area (Å²) in [4.78, 5) is 17.2. The molecule has 6 nitrogen and oxygen atoms in total. The number of oxazole rings is 1. The van der Waals surface area contributed by atoms with Gasteiger partial charge in [-0.1, -0.05) is 19.1 Å². The lowest BCUT2D eigenvalue weighted by molar-refractivity contribution is 0.0978. The van der Waals surface area contributed by atoms with Crippen LogP contribution in [0.4, 0.5) is 0 Å². The molecule has 2 aromatic carbocycles. The molecule has 152 valence electrons. The first-order valence-corrected chi connectivity index (χ1v) is 9.58. The molecule has 0 spiro atoms. The monoisotopic (exact) mass is 395 g/mol. The summed E-state index contributed by atoms with van der Waals surface area (Å²) >= 11 is 0. The first kappa shape index (κ1) is 20.5. The van der Waals surface area contributed by atoms with Crippen molar-refractivity contribution >= 4 is 5.78 Å². The van der Waals surface area contributed by atoms with Crippen LogP contribution in [-0.4, -0.2) is 31.6 Å². The number of ether oxygens (including phenoxy) is 3. The largest absolute Gasteiger partial charge is 0.493 e. The molecule has 1 aromatic heterocycles. The molecule has 0 aliphatic carbocycles. The zero-order valence-electron chi connectivity index (χ0n) is 16.9. The van der Waals surface area contributed by atoms with E-state index in [0.29, 0.717) is 48.2 Å². The Bertz CT molecular complexity index is 963. The maximum atomic E-state index is 12.7. The average molecular weight is 395 g/mol. The number of Topliss-reactive ketones (excluding diaryl/α,β-unsaturated/α-hetero) is 1. The van der Waals surface area contributed by atoms with E-state index in [0.717, 1.165) is 17.7 Å². The summed E-state index contributed by atoms with van der Waals surface area (Å²) in [6.45, 7) is 2.62. The molecule has 0 unspecified atom stereocenters. The molecule has 0 bridgehead atoms. The van der Waals surface area contributed by atoms with Crippen molar-refractivity contribution in [1.29, 1.82) is 0 Å². The Hall–Kier alpha value is -3.28. The molecule has 0 aliphatic rings. The van der Waals surface area contributed by atoms with E-state index in [2.05, 4.69) is 4.98 Å². The Labute approximate surface area is 170 Å². The van der Waals surface area contributed by atoms with Crippen LogP contribution in [0.3, 0.4) is 0 Å². The van der Waals surface area contributed by atoms with Crippen molar-refractivity contribution in [3.8, 4) is 28.7 Å². The molecule has 6 heteroatoms. The van der Waals surface area contributed by atoms with Gasteiger partial charge < -0.3 is 18.6 Å². The van der Waals surface area contributed by atoms with Gasteiger partial charge in [-0.15, -0.1) is 0 Å². The molecule has 0 N–H and O–H groups in total. The third kappa shape index (κ3) is 4.96. The highest BCUT2D eigenvalue weighted by Gasteiger charge is 2.15. The van der Waals surface area contributed by atoms with Crippen LogP contribution in [-0.2, 0) is 6.42 Å². The molecule has 1 heterocycles. The van der Waals surface area contributed by atoms with Crippen LogP contribution in [0, 0.1) is 0 Å². The van der Waals surface area contributed by atoms with Gasteiger partial charge in [-0.05, 0) is 36.8 Å². The fraction of sp³-hybridized carbons (Fsp3) is 0.304. The second-order valence-electron chi connectivity index (χ2n) is 6.48. The third-order valence-corrected chi connectivity index (χ3v) is 4.44. The number of aryl methyl sites for hydroxylation is 1. The molecule has 3 aromatic rings. The summed E-state index contributed by atoms with van der Waals surface area (Å²) in [6, 6.07) is 12.8. The van der Waals surface area contributed by atoms with Crippen LogP contribution >= 0.6 is 0 Å². The number of para-hydroxylation sites is 1. The smallest absolute Gasteiger partial charge is 0.226 e. The summed E-state index contributed by atoms with van der Waals surface area (Å²) in [5.41, 5.74) is 2.10. The van der Waals surface area contributed by atoms with Gasteiger partial charge in [-0.25, -0.2) is 4.98 Å². The van der Waals surface area contributed by atoms with Crippen molar-refractivity contribution < 1.29 is 23.4 Å². The van der Waals surface area contributed by atoms with Crippen LogP contribution in [0.15, 0.2) is 53.1 Å². The van der Waals surface area contributed by atoms with Gasteiger partial charge in [-0.3, -0.25) is 4.79 Å². The number of nitrogens with zero attached hydrogens (tertiary/aromatic N) is 1. The van der Waals surface area contributed by atoms with E-state index in [-0.39, 0.29) is 5.78 Å². The fourth-order valence-electron chi connectivity index (χ4n) is 2.93. The first-order valence-electron chi connectivity index (χ1n) is 9.58. The van der Waals surface area contributed by atoms with Gasteiger partial charge in [0.2, 0.25) is 5.89 Å². The molecular weight excluding hydrogens is 370 g/mol. The molecule has 29 heavy (non-hydrogen) atoms. The lowest BCUT2D eigenvalue weighted by atomic mass is 10.0. The van der Waals surface area contributed by atoms with Gasteiger partial charge in [-0.2, -0.15) is 0 Å². The maximum absolute atomic E-state index is 12.7. The highest BCUT2D eigenvalue weighted by molar-refractivity contribution is 5.98. The highest BCUT2D eigenvalue weighted by Crippen LogP contribution is 2.32. The van der Waals surface area contributed by atoms with Gasteiger partial charge >= 0.3 is 0 Å². The van der Waals surface area contributed by atoms with Gasteiger partial charge in [0.25, 0.3) is 0 Å². The minimum Gasteiger partial charge on any atom is -0.493 e. The normalized spacial score (nSPS) is 10.6. The van der Waals surface area contributed by atoms with Crippen molar-refractivity contribution in [1.82, 2.24) is 4.98 Å². The van der Waals surface area contributed by atoms with E-state index in [1.807, 2.05) is 31.2 Å². The van der Waals surface area contributed by atoms with Crippen molar-refractivity contribution in [3.63, 3.8) is 0 Å². The summed E-state index contributed by atoms with van der Waals surface area (Å²) in [5, 5.41) is 0. The van der Waals surface area contributed by atoms with Crippen LogP contribution in [0.5, 0.6) is 17.2 Å². The minimum atomic E-state index is 0.0207. The van der Waals surface area contributed by atoms with Gasteiger partial charge in [0.1, 0.15) is 12.0 Å².